The Kier molecular flexibility index (Phi) is 6.10. The van der Waals surface area contributed by atoms with E-state index < -0.39 is 0 Å². The number of aromatic nitrogens is 2. The molecule has 3 heterocycles. The maximum Gasteiger partial charge on any atom is 0.274 e. The van der Waals surface area contributed by atoms with E-state index in [9.17, 15) is 4.79 Å². The van der Waals surface area contributed by atoms with Gasteiger partial charge in [-0.25, -0.2) is 4.98 Å². The fourth-order valence-electron chi connectivity index (χ4n) is 4.86. The largest absolute Gasteiger partial charge is 0.496 e. The number of aryl methyl sites for hydroxylation is 1. The molecule has 1 aromatic heterocycles. The smallest absolute Gasteiger partial charge is 0.274 e. The van der Waals surface area contributed by atoms with E-state index in [-0.39, 0.29) is 11.4 Å². The Morgan fingerprint density at radius 3 is 2.66 bits per heavy atom. The average Bonchev–Trinajstić information content (AvgIpc) is 3.38. The van der Waals surface area contributed by atoms with Crippen molar-refractivity contribution < 1.29 is 9.53 Å². The minimum atomic E-state index is -0.257. The van der Waals surface area contributed by atoms with Crippen molar-refractivity contribution in [3.63, 3.8) is 0 Å². The van der Waals surface area contributed by atoms with Gasteiger partial charge >= 0.3 is 0 Å². The fourth-order valence-corrected chi connectivity index (χ4v) is 4.86. The van der Waals surface area contributed by atoms with Gasteiger partial charge in [0.2, 0.25) is 0 Å². The molecule has 1 fully saturated rings. The number of hydrogen-bond donors (Lipinski definition) is 1. The summed E-state index contributed by atoms with van der Waals surface area (Å²) in [4.78, 5) is 20.4. The highest BCUT2D eigenvalue weighted by Crippen LogP contribution is 2.37. The van der Waals surface area contributed by atoms with Gasteiger partial charge in [0.15, 0.2) is 0 Å². The Hall–Kier alpha value is -2.34. The van der Waals surface area contributed by atoms with E-state index in [0.29, 0.717) is 17.5 Å². The minimum absolute atomic E-state index is 0.0119. The number of fused-ring (bicyclic) bond motifs is 3. The Morgan fingerprint density at radius 1 is 1.31 bits per heavy atom. The van der Waals surface area contributed by atoms with E-state index in [1.54, 1.807) is 7.11 Å². The Morgan fingerprint density at radius 2 is 2.06 bits per heavy atom. The van der Waals surface area contributed by atoms with E-state index in [1.807, 2.05) is 11.9 Å². The molecule has 1 amide bonds. The van der Waals surface area contributed by atoms with Gasteiger partial charge in [0.05, 0.1) is 18.5 Å². The average molecular weight is 439 g/mol. The molecule has 1 N–H and O–H groups in total. The molecule has 174 valence electrons. The maximum absolute atomic E-state index is 13.5. The number of imidazole rings is 1. The molecule has 1 unspecified atom stereocenters. The highest BCUT2D eigenvalue weighted by atomic mass is 16.5. The third-order valence-corrected chi connectivity index (χ3v) is 6.92. The molecule has 32 heavy (non-hydrogen) atoms. The van der Waals surface area contributed by atoms with Crippen LogP contribution in [0.2, 0.25) is 0 Å². The van der Waals surface area contributed by atoms with Crippen LogP contribution in [-0.2, 0) is 19.3 Å². The molecule has 0 bridgehead atoms. The Labute approximate surface area is 192 Å². The van der Waals surface area contributed by atoms with Gasteiger partial charge in [0.25, 0.3) is 5.91 Å². The van der Waals surface area contributed by atoms with Gasteiger partial charge in [-0.2, -0.15) is 0 Å². The number of nitrogens with zero attached hydrogens (tertiary/aromatic N) is 3. The zero-order chi connectivity index (χ0) is 23.2. The van der Waals surface area contributed by atoms with Crippen molar-refractivity contribution in [1.82, 2.24) is 19.8 Å². The van der Waals surface area contributed by atoms with Crippen molar-refractivity contribution in [2.24, 2.45) is 5.92 Å². The van der Waals surface area contributed by atoms with Crippen LogP contribution < -0.4 is 10.1 Å². The lowest BCUT2D eigenvalue weighted by atomic mass is 9.94. The lowest BCUT2D eigenvalue weighted by Crippen LogP contribution is -2.43. The van der Waals surface area contributed by atoms with E-state index in [2.05, 4.69) is 56.6 Å². The van der Waals surface area contributed by atoms with Gasteiger partial charge < -0.3 is 15.0 Å². The number of carbonyl (C=O) groups is 1. The highest BCUT2D eigenvalue weighted by Gasteiger charge is 2.35. The lowest BCUT2D eigenvalue weighted by molar-refractivity contribution is 0.0648. The lowest BCUT2D eigenvalue weighted by Gasteiger charge is -2.32. The molecule has 6 nitrogen and oxygen atoms in total. The van der Waals surface area contributed by atoms with Crippen LogP contribution in [0.3, 0.4) is 0 Å². The van der Waals surface area contributed by atoms with E-state index in [1.165, 1.54) is 16.8 Å². The van der Waals surface area contributed by atoms with Crippen molar-refractivity contribution in [2.45, 2.75) is 71.8 Å². The van der Waals surface area contributed by atoms with E-state index in [4.69, 9.17) is 9.72 Å². The molecule has 1 aromatic carbocycles. The third kappa shape index (κ3) is 4.05. The summed E-state index contributed by atoms with van der Waals surface area (Å²) in [6, 6.07) is 4.49. The number of methoxy groups -OCH3 is 1. The number of amides is 1. The van der Waals surface area contributed by atoms with Gasteiger partial charge in [0, 0.05) is 25.0 Å². The number of nitrogens with one attached hydrogen (secondary N) is 1. The Balaban J connectivity index is 1.89. The molecule has 0 saturated carbocycles. The number of hydrogen-bond acceptors (Lipinski definition) is 4. The maximum atomic E-state index is 13.5. The number of rotatable bonds is 5. The second-order valence-corrected chi connectivity index (χ2v) is 10.7. The molecule has 0 aliphatic carbocycles. The van der Waals surface area contributed by atoms with Gasteiger partial charge in [-0.1, -0.05) is 13.8 Å². The first-order valence-electron chi connectivity index (χ1n) is 11.9. The van der Waals surface area contributed by atoms with E-state index >= 15 is 0 Å². The zero-order valence-electron chi connectivity index (χ0n) is 20.7. The molecule has 0 spiro atoms. The van der Waals surface area contributed by atoms with Crippen molar-refractivity contribution in [3.05, 3.63) is 40.5 Å². The predicted octanol–water partition coefficient (Wildman–Crippen LogP) is 4.13. The summed E-state index contributed by atoms with van der Waals surface area (Å²) >= 11 is 0. The second kappa shape index (κ2) is 8.54. The van der Waals surface area contributed by atoms with Crippen LogP contribution in [0.1, 0.15) is 80.1 Å². The summed E-state index contributed by atoms with van der Waals surface area (Å²) in [7, 11) is 3.64. The molecular formula is C26H38N4O2. The number of ether oxygens (including phenoxy) is 1. The fraction of sp³-hybridized carbons (Fsp3) is 0.615. The number of carbonyl (C=O) groups excluding carboxylic acids is 1. The van der Waals surface area contributed by atoms with Crippen LogP contribution in [0.5, 0.6) is 5.75 Å². The van der Waals surface area contributed by atoms with Crippen LogP contribution in [0.4, 0.5) is 0 Å². The number of benzene rings is 1. The van der Waals surface area contributed by atoms with Gasteiger partial charge in [-0.3, -0.25) is 9.36 Å². The topological polar surface area (TPSA) is 59.4 Å². The van der Waals surface area contributed by atoms with Crippen molar-refractivity contribution in [1.29, 1.82) is 0 Å². The zero-order valence-corrected chi connectivity index (χ0v) is 20.7. The summed E-state index contributed by atoms with van der Waals surface area (Å²) in [5, 5.41) is 3.47. The second-order valence-electron chi connectivity index (χ2n) is 10.7. The molecule has 2 aromatic rings. The third-order valence-electron chi connectivity index (χ3n) is 6.92. The standard InChI is InChI=1S/C26H38N4O2/c1-16(2)12-19-13-21-17(14-22(19)32-7)8-9-20-23(25(31)29(6)26(3,4)5)28-24(30(20)21)18-10-11-27-15-18/h13-14,16,18,27H,8-12,15H2,1-7H3. The van der Waals surface area contributed by atoms with Gasteiger partial charge in [-0.05, 0) is 82.2 Å². The molecule has 0 radical (unpaired) electrons. The summed E-state index contributed by atoms with van der Waals surface area (Å²) in [5.41, 5.74) is 5.09. The molecular weight excluding hydrogens is 400 g/mol. The monoisotopic (exact) mass is 438 g/mol. The quantitative estimate of drug-likeness (QED) is 0.763. The summed E-state index contributed by atoms with van der Waals surface area (Å²) in [6.07, 6.45) is 3.70. The van der Waals surface area contributed by atoms with Crippen molar-refractivity contribution >= 4 is 5.91 Å². The molecule has 6 heteroatoms. The summed E-state index contributed by atoms with van der Waals surface area (Å²) in [6.45, 7) is 12.6. The molecule has 1 saturated heterocycles. The summed E-state index contributed by atoms with van der Waals surface area (Å²) < 4.78 is 8.06. The van der Waals surface area contributed by atoms with Crippen LogP contribution in [0, 0.1) is 5.92 Å². The van der Waals surface area contributed by atoms with Crippen LogP contribution in [0.15, 0.2) is 12.1 Å². The first-order chi connectivity index (χ1) is 15.1. The van der Waals surface area contributed by atoms with Gasteiger partial charge in [0.1, 0.15) is 17.3 Å². The first kappa shape index (κ1) is 22.8. The van der Waals surface area contributed by atoms with Crippen molar-refractivity contribution in [3.8, 4) is 11.4 Å². The highest BCUT2D eigenvalue weighted by molar-refractivity contribution is 5.94. The predicted molar refractivity (Wildman–Crippen MR) is 128 cm³/mol. The molecule has 1 atom stereocenters. The van der Waals surface area contributed by atoms with Crippen LogP contribution in [0.25, 0.3) is 5.69 Å². The first-order valence-corrected chi connectivity index (χ1v) is 11.9. The van der Waals surface area contributed by atoms with Gasteiger partial charge in [-0.15, -0.1) is 0 Å². The minimum Gasteiger partial charge on any atom is -0.496 e. The molecule has 2 aliphatic heterocycles. The Bertz CT molecular complexity index is 1010. The molecule has 2 aliphatic rings. The summed E-state index contributed by atoms with van der Waals surface area (Å²) in [5.74, 6) is 2.85. The van der Waals surface area contributed by atoms with Crippen molar-refractivity contribution in [2.75, 3.05) is 27.2 Å². The van der Waals surface area contributed by atoms with Crippen LogP contribution in [-0.4, -0.2) is 53.1 Å². The normalized spacial score (nSPS) is 17.9. The molecule has 4 rings (SSSR count). The van der Waals surface area contributed by atoms with Crippen LogP contribution >= 0.6 is 0 Å². The SMILES string of the molecule is COc1cc2c(cc1CC(C)C)-n1c(C3CCNC3)nc(C(=O)N(C)C(C)(C)C)c1CC2. The van der Waals surface area contributed by atoms with E-state index in [0.717, 1.165) is 56.0 Å².